The molecule has 128 valence electrons. The van der Waals surface area contributed by atoms with Gasteiger partial charge >= 0.3 is 6.03 Å². The van der Waals surface area contributed by atoms with Crippen molar-refractivity contribution in [1.29, 1.82) is 0 Å². The van der Waals surface area contributed by atoms with E-state index in [-0.39, 0.29) is 12.3 Å². The quantitative estimate of drug-likeness (QED) is 0.674. The molecule has 1 atom stereocenters. The SMILES string of the molecule is CN1CCN(c2ccc(NC(=O)CC3NC(=O)NC3=O)cc2)CC1. The molecular weight excluding hydrogens is 310 g/mol. The molecule has 0 aromatic heterocycles. The lowest BCUT2D eigenvalue weighted by molar-refractivity contribution is -0.124. The van der Waals surface area contributed by atoms with Gasteiger partial charge in [-0.05, 0) is 31.3 Å². The summed E-state index contributed by atoms with van der Waals surface area (Å²) in [6.07, 6.45) is -0.0855. The number of hydrogen-bond donors (Lipinski definition) is 3. The molecule has 2 saturated heterocycles. The minimum Gasteiger partial charge on any atom is -0.369 e. The van der Waals surface area contributed by atoms with Crippen LogP contribution in [0.25, 0.3) is 0 Å². The van der Waals surface area contributed by atoms with Crippen molar-refractivity contribution in [3.63, 3.8) is 0 Å². The highest BCUT2D eigenvalue weighted by Crippen LogP contribution is 2.19. The van der Waals surface area contributed by atoms with Crippen LogP contribution in [0.3, 0.4) is 0 Å². The van der Waals surface area contributed by atoms with Gasteiger partial charge in [0.2, 0.25) is 5.91 Å². The summed E-state index contributed by atoms with van der Waals surface area (Å²) in [5.41, 5.74) is 1.80. The lowest BCUT2D eigenvalue weighted by atomic mass is 10.2. The Labute approximate surface area is 140 Å². The summed E-state index contributed by atoms with van der Waals surface area (Å²) in [7, 11) is 2.11. The Hall–Kier alpha value is -2.61. The largest absolute Gasteiger partial charge is 0.369 e. The third kappa shape index (κ3) is 3.83. The highest BCUT2D eigenvalue weighted by atomic mass is 16.2. The standard InChI is InChI=1S/C16H21N5O3/c1-20-6-8-21(9-7-20)12-4-2-11(3-5-12)17-14(22)10-13-15(23)19-16(24)18-13/h2-5,13H,6-10H2,1H3,(H,17,22)(H2,18,19,23,24). The smallest absolute Gasteiger partial charge is 0.322 e. The van der Waals surface area contributed by atoms with Crippen LogP contribution in [-0.4, -0.2) is 62.0 Å². The van der Waals surface area contributed by atoms with E-state index in [1.165, 1.54) is 0 Å². The summed E-state index contributed by atoms with van der Waals surface area (Å²) in [6, 6.07) is 6.28. The van der Waals surface area contributed by atoms with Crippen molar-refractivity contribution >= 4 is 29.2 Å². The summed E-state index contributed by atoms with van der Waals surface area (Å²) < 4.78 is 0. The molecule has 0 bridgehead atoms. The monoisotopic (exact) mass is 331 g/mol. The zero-order valence-corrected chi connectivity index (χ0v) is 13.5. The molecule has 1 unspecified atom stereocenters. The van der Waals surface area contributed by atoms with Crippen LogP contribution in [0.4, 0.5) is 16.2 Å². The van der Waals surface area contributed by atoms with Crippen molar-refractivity contribution in [3.8, 4) is 0 Å². The fourth-order valence-electron chi connectivity index (χ4n) is 2.82. The summed E-state index contributed by atoms with van der Waals surface area (Å²) in [4.78, 5) is 39.1. The number of likely N-dealkylation sites (N-methyl/N-ethyl adjacent to an activating group) is 1. The van der Waals surface area contributed by atoms with Crippen LogP contribution in [0.1, 0.15) is 6.42 Å². The molecule has 8 heteroatoms. The van der Waals surface area contributed by atoms with Gasteiger partial charge in [-0.3, -0.25) is 14.9 Å². The van der Waals surface area contributed by atoms with Gasteiger partial charge in [-0.2, -0.15) is 0 Å². The van der Waals surface area contributed by atoms with Crippen molar-refractivity contribution in [2.24, 2.45) is 0 Å². The Bertz CT molecular complexity index is 638. The first-order valence-corrected chi connectivity index (χ1v) is 7.96. The molecule has 1 aromatic carbocycles. The number of imide groups is 1. The number of benzene rings is 1. The number of anilines is 2. The van der Waals surface area contributed by atoms with Gasteiger partial charge < -0.3 is 20.4 Å². The molecule has 4 amide bonds. The number of nitrogens with one attached hydrogen (secondary N) is 3. The van der Waals surface area contributed by atoms with Crippen molar-refractivity contribution in [3.05, 3.63) is 24.3 Å². The minimum absolute atomic E-state index is 0.0855. The van der Waals surface area contributed by atoms with Gasteiger partial charge in [-0.15, -0.1) is 0 Å². The number of carbonyl (C=O) groups excluding carboxylic acids is 3. The highest BCUT2D eigenvalue weighted by Gasteiger charge is 2.31. The summed E-state index contributed by atoms with van der Waals surface area (Å²) in [6.45, 7) is 4.04. The molecule has 2 aliphatic rings. The molecule has 8 nitrogen and oxygen atoms in total. The Morgan fingerprint density at radius 1 is 1.17 bits per heavy atom. The van der Waals surface area contributed by atoms with Gasteiger partial charge in [0.05, 0.1) is 6.42 Å². The zero-order valence-electron chi connectivity index (χ0n) is 13.5. The summed E-state index contributed by atoms with van der Waals surface area (Å²) in [5.74, 6) is -0.787. The topological polar surface area (TPSA) is 93.8 Å². The first-order chi connectivity index (χ1) is 11.5. The predicted octanol–water partition coefficient (Wildman–Crippen LogP) is -0.0250. The molecule has 3 N–H and O–H groups in total. The van der Waals surface area contributed by atoms with E-state index in [0.29, 0.717) is 5.69 Å². The van der Waals surface area contributed by atoms with Crippen molar-refractivity contribution in [2.45, 2.75) is 12.5 Å². The summed E-state index contributed by atoms with van der Waals surface area (Å²) in [5, 5.41) is 7.25. The maximum absolute atomic E-state index is 12.0. The van der Waals surface area contributed by atoms with Crippen molar-refractivity contribution < 1.29 is 14.4 Å². The molecule has 2 fully saturated rings. The second-order valence-corrected chi connectivity index (χ2v) is 6.10. The van der Waals surface area contributed by atoms with Crippen LogP contribution in [-0.2, 0) is 9.59 Å². The van der Waals surface area contributed by atoms with E-state index in [1.54, 1.807) is 0 Å². The van der Waals surface area contributed by atoms with E-state index in [2.05, 4.69) is 32.8 Å². The maximum Gasteiger partial charge on any atom is 0.322 e. The lowest BCUT2D eigenvalue weighted by Crippen LogP contribution is -2.44. The van der Waals surface area contributed by atoms with Gasteiger partial charge in [-0.25, -0.2) is 4.79 Å². The second-order valence-electron chi connectivity index (χ2n) is 6.10. The maximum atomic E-state index is 12.0. The summed E-state index contributed by atoms with van der Waals surface area (Å²) >= 11 is 0. The zero-order chi connectivity index (χ0) is 17.1. The third-order valence-electron chi connectivity index (χ3n) is 4.27. The van der Waals surface area contributed by atoms with E-state index in [4.69, 9.17) is 0 Å². The molecule has 24 heavy (non-hydrogen) atoms. The third-order valence-corrected chi connectivity index (χ3v) is 4.27. The van der Waals surface area contributed by atoms with Crippen LogP contribution >= 0.6 is 0 Å². The molecule has 2 heterocycles. The number of carbonyl (C=O) groups is 3. The Balaban J connectivity index is 1.53. The van der Waals surface area contributed by atoms with E-state index < -0.39 is 18.0 Å². The number of urea groups is 1. The van der Waals surface area contributed by atoms with Gasteiger partial charge in [0.25, 0.3) is 5.91 Å². The van der Waals surface area contributed by atoms with E-state index >= 15 is 0 Å². The molecule has 0 spiro atoms. The van der Waals surface area contributed by atoms with Crippen molar-refractivity contribution in [1.82, 2.24) is 15.5 Å². The Morgan fingerprint density at radius 3 is 2.42 bits per heavy atom. The van der Waals surface area contributed by atoms with Gasteiger partial charge in [0.1, 0.15) is 6.04 Å². The van der Waals surface area contributed by atoms with Crippen LogP contribution in [0, 0.1) is 0 Å². The molecular formula is C16H21N5O3. The van der Waals surface area contributed by atoms with E-state index in [0.717, 1.165) is 31.9 Å². The highest BCUT2D eigenvalue weighted by molar-refractivity contribution is 6.06. The van der Waals surface area contributed by atoms with Crippen LogP contribution < -0.4 is 20.9 Å². The second kappa shape index (κ2) is 6.88. The molecule has 0 saturated carbocycles. The first kappa shape index (κ1) is 16.3. The average Bonchev–Trinajstić information content (AvgIpc) is 2.86. The number of piperazine rings is 1. The van der Waals surface area contributed by atoms with Gasteiger partial charge in [0.15, 0.2) is 0 Å². The minimum atomic E-state index is -0.804. The van der Waals surface area contributed by atoms with E-state index in [9.17, 15) is 14.4 Å². The number of nitrogens with zero attached hydrogens (tertiary/aromatic N) is 2. The fourth-order valence-corrected chi connectivity index (χ4v) is 2.82. The molecule has 2 aliphatic heterocycles. The molecule has 0 aliphatic carbocycles. The van der Waals surface area contributed by atoms with Crippen LogP contribution in [0.15, 0.2) is 24.3 Å². The molecule has 0 radical (unpaired) electrons. The number of hydrogen-bond acceptors (Lipinski definition) is 5. The molecule has 1 aromatic rings. The number of amides is 4. The van der Waals surface area contributed by atoms with Crippen molar-refractivity contribution in [2.75, 3.05) is 43.4 Å². The normalized spacial score (nSPS) is 21.4. The fraction of sp³-hybridized carbons (Fsp3) is 0.438. The van der Waals surface area contributed by atoms with Gasteiger partial charge in [-0.1, -0.05) is 0 Å². The Morgan fingerprint density at radius 2 is 1.83 bits per heavy atom. The van der Waals surface area contributed by atoms with Gasteiger partial charge in [0, 0.05) is 37.6 Å². The molecule has 3 rings (SSSR count). The van der Waals surface area contributed by atoms with E-state index in [1.807, 2.05) is 24.3 Å². The lowest BCUT2D eigenvalue weighted by Gasteiger charge is -2.34. The predicted molar refractivity (Wildman–Crippen MR) is 89.9 cm³/mol. The Kier molecular flexibility index (Phi) is 4.66. The first-order valence-electron chi connectivity index (χ1n) is 7.96. The van der Waals surface area contributed by atoms with Crippen LogP contribution in [0.5, 0.6) is 0 Å². The van der Waals surface area contributed by atoms with Crippen LogP contribution in [0.2, 0.25) is 0 Å². The average molecular weight is 331 g/mol. The number of rotatable bonds is 4.